The van der Waals surface area contributed by atoms with Crippen LogP contribution >= 0.6 is 0 Å². The number of likely N-dealkylation sites (N-methyl/N-ethyl adjacent to an activating group) is 1. The molecule has 0 saturated carbocycles. The van der Waals surface area contributed by atoms with Crippen molar-refractivity contribution in [2.24, 2.45) is 0 Å². The molecule has 130 valence electrons. The Balaban J connectivity index is 1.71. The molecule has 1 N–H and O–H groups in total. The van der Waals surface area contributed by atoms with Crippen LogP contribution in [0.25, 0.3) is 0 Å². The highest BCUT2D eigenvalue weighted by molar-refractivity contribution is 5.87. The van der Waals surface area contributed by atoms with Crippen LogP contribution in [-0.4, -0.2) is 37.0 Å². The molecule has 3 rings (SSSR count). The number of carbonyl (C=O) groups excluding carboxylic acids is 1. The minimum atomic E-state index is -0.265. The van der Waals surface area contributed by atoms with Gasteiger partial charge >= 0.3 is 0 Å². The summed E-state index contributed by atoms with van der Waals surface area (Å²) in [7, 11) is 0. The van der Waals surface area contributed by atoms with Gasteiger partial charge in [0.05, 0.1) is 5.92 Å². The minimum absolute atomic E-state index is 0.0659. The third-order valence-corrected chi connectivity index (χ3v) is 4.85. The molecule has 3 heteroatoms. The van der Waals surface area contributed by atoms with E-state index in [1.54, 1.807) is 0 Å². The number of nitrogens with zero attached hydrogens (tertiary/aromatic N) is 1. The number of hydrogen-bond donors (Lipinski definition) is 1. The van der Waals surface area contributed by atoms with Gasteiger partial charge in [0.2, 0.25) is 5.91 Å². The molecule has 3 nitrogen and oxygen atoms in total. The van der Waals surface area contributed by atoms with Crippen molar-refractivity contribution in [2.75, 3.05) is 26.2 Å². The van der Waals surface area contributed by atoms with Crippen LogP contribution in [0.2, 0.25) is 0 Å². The lowest BCUT2D eigenvalue weighted by Gasteiger charge is -2.25. The van der Waals surface area contributed by atoms with Gasteiger partial charge in [0.25, 0.3) is 0 Å². The van der Waals surface area contributed by atoms with Gasteiger partial charge in [0.1, 0.15) is 0 Å². The van der Waals surface area contributed by atoms with Gasteiger partial charge in [0.15, 0.2) is 0 Å². The van der Waals surface area contributed by atoms with Crippen molar-refractivity contribution in [1.82, 2.24) is 10.2 Å². The smallest absolute Gasteiger partial charge is 0.232 e. The molecule has 0 aliphatic carbocycles. The van der Waals surface area contributed by atoms with E-state index in [0.717, 1.165) is 37.2 Å². The normalized spacial score (nSPS) is 15.0. The lowest BCUT2D eigenvalue weighted by molar-refractivity contribution is -0.121. The zero-order valence-corrected chi connectivity index (χ0v) is 14.8. The third-order valence-electron chi connectivity index (χ3n) is 4.85. The monoisotopic (exact) mass is 334 g/mol. The van der Waals surface area contributed by atoms with Crippen LogP contribution in [0, 0.1) is 0 Å². The predicted octanol–water partition coefficient (Wildman–Crippen LogP) is 3.59. The summed E-state index contributed by atoms with van der Waals surface area (Å²) in [5, 5.41) is 3.16. The second kappa shape index (κ2) is 8.63. The van der Waals surface area contributed by atoms with Gasteiger partial charge < -0.3 is 5.32 Å². The Hall–Kier alpha value is -2.39. The highest BCUT2D eigenvalue weighted by Gasteiger charge is 2.22. The fourth-order valence-corrected chi connectivity index (χ4v) is 3.29. The first-order valence-electron chi connectivity index (χ1n) is 9.05. The number of benzene rings is 2. The summed E-state index contributed by atoms with van der Waals surface area (Å²) in [6, 6.07) is 20.0. The lowest BCUT2D eigenvalue weighted by Crippen LogP contribution is -2.34. The summed E-state index contributed by atoms with van der Waals surface area (Å²) in [6.45, 7) is 5.99. The molecule has 0 spiro atoms. The predicted molar refractivity (Wildman–Crippen MR) is 103 cm³/mol. The van der Waals surface area contributed by atoms with E-state index in [2.05, 4.69) is 23.2 Å². The first kappa shape index (κ1) is 17.4. The van der Waals surface area contributed by atoms with E-state index in [4.69, 9.17) is 0 Å². The first-order chi connectivity index (χ1) is 12.3. The second-order valence-electron chi connectivity index (χ2n) is 6.48. The van der Waals surface area contributed by atoms with Gasteiger partial charge in [-0.05, 0) is 24.1 Å². The maximum Gasteiger partial charge on any atom is 0.232 e. The molecule has 1 amide bonds. The van der Waals surface area contributed by atoms with Crippen LogP contribution < -0.4 is 5.32 Å². The summed E-state index contributed by atoms with van der Waals surface area (Å²) in [4.78, 5) is 15.4. The Kier molecular flexibility index (Phi) is 6.02. The van der Waals surface area contributed by atoms with Gasteiger partial charge in [-0.15, -0.1) is 0 Å². The van der Waals surface area contributed by atoms with E-state index >= 15 is 0 Å². The highest BCUT2D eigenvalue weighted by atomic mass is 16.1. The summed E-state index contributed by atoms with van der Waals surface area (Å²) >= 11 is 0. The van der Waals surface area contributed by atoms with Crippen LogP contribution in [-0.2, 0) is 4.79 Å². The summed E-state index contributed by atoms with van der Waals surface area (Å²) in [5.41, 5.74) is 3.39. The van der Waals surface area contributed by atoms with Gasteiger partial charge in [-0.2, -0.15) is 0 Å². The molecule has 0 aromatic heterocycles. The van der Waals surface area contributed by atoms with Crippen molar-refractivity contribution in [1.29, 1.82) is 0 Å². The van der Waals surface area contributed by atoms with Gasteiger partial charge in [-0.3, -0.25) is 9.69 Å². The fourth-order valence-electron chi connectivity index (χ4n) is 3.29. The summed E-state index contributed by atoms with van der Waals surface area (Å²) in [6.07, 6.45) is 3.29. The number of nitrogens with one attached hydrogen (secondary N) is 1. The molecule has 25 heavy (non-hydrogen) atoms. The molecular formula is C22H26N2O. The minimum Gasteiger partial charge on any atom is -0.352 e. The first-order valence-corrected chi connectivity index (χ1v) is 9.05. The zero-order valence-electron chi connectivity index (χ0n) is 14.8. The molecule has 1 aliphatic heterocycles. The Morgan fingerprint density at radius 3 is 2.12 bits per heavy atom. The van der Waals surface area contributed by atoms with Gasteiger partial charge in [-0.1, -0.05) is 79.2 Å². The van der Waals surface area contributed by atoms with E-state index in [1.165, 1.54) is 5.57 Å². The van der Waals surface area contributed by atoms with Crippen molar-refractivity contribution in [3.05, 3.63) is 83.4 Å². The van der Waals surface area contributed by atoms with Crippen LogP contribution in [0.5, 0.6) is 0 Å². The molecule has 0 radical (unpaired) electrons. The van der Waals surface area contributed by atoms with E-state index in [-0.39, 0.29) is 11.8 Å². The largest absolute Gasteiger partial charge is 0.352 e. The van der Waals surface area contributed by atoms with Crippen molar-refractivity contribution in [2.45, 2.75) is 19.3 Å². The Morgan fingerprint density at radius 2 is 1.64 bits per heavy atom. The molecule has 1 heterocycles. The van der Waals surface area contributed by atoms with Crippen LogP contribution in [0.3, 0.4) is 0 Å². The molecule has 1 aliphatic rings. The zero-order chi connectivity index (χ0) is 17.5. The summed E-state index contributed by atoms with van der Waals surface area (Å²) in [5.74, 6) is -0.199. The van der Waals surface area contributed by atoms with Crippen molar-refractivity contribution >= 4 is 5.91 Å². The van der Waals surface area contributed by atoms with Crippen molar-refractivity contribution in [3.8, 4) is 0 Å². The van der Waals surface area contributed by atoms with Gasteiger partial charge in [-0.25, -0.2) is 0 Å². The lowest BCUT2D eigenvalue weighted by atomic mass is 9.90. The number of hydrogen-bond acceptors (Lipinski definition) is 2. The second-order valence-corrected chi connectivity index (χ2v) is 6.48. The van der Waals surface area contributed by atoms with Crippen molar-refractivity contribution in [3.63, 3.8) is 0 Å². The van der Waals surface area contributed by atoms with E-state index in [1.807, 2.05) is 60.7 Å². The fraction of sp³-hybridized carbons (Fsp3) is 0.318. The Labute approximate surface area is 150 Å². The van der Waals surface area contributed by atoms with E-state index < -0.39 is 0 Å². The maximum absolute atomic E-state index is 13.0. The molecule has 0 fully saturated rings. The molecule has 2 aromatic carbocycles. The molecule has 0 saturated heterocycles. The molecular weight excluding hydrogens is 308 g/mol. The summed E-state index contributed by atoms with van der Waals surface area (Å²) < 4.78 is 0. The quantitative estimate of drug-likeness (QED) is 0.819. The molecule has 2 aromatic rings. The Bertz CT molecular complexity index is 670. The van der Waals surface area contributed by atoms with Crippen LogP contribution in [0.4, 0.5) is 0 Å². The standard InChI is InChI=1S/C22H26N2O/c1-2-24-15-13-18(14-16-24)17-23-22(25)21(19-9-5-3-6-10-19)20-11-7-4-8-12-20/h3-13,21H,2,14-17H2,1H3,(H,23,25). The van der Waals surface area contributed by atoms with E-state index in [0.29, 0.717) is 6.54 Å². The SMILES string of the molecule is CCN1CC=C(CNC(=O)C(c2ccccc2)c2ccccc2)CC1. The number of carbonyl (C=O) groups is 1. The molecule has 0 unspecified atom stereocenters. The third kappa shape index (κ3) is 4.58. The van der Waals surface area contributed by atoms with Gasteiger partial charge in [0, 0.05) is 19.6 Å². The Morgan fingerprint density at radius 1 is 1.04 bits per heavy atom. The number of amides is 1. The average Bonchev–Trinajstić information content (AvgIpc) is 2.69. The van der Waals surface area contributed by atoms with Crippen molar-refractivity contribution < 1.29 is 4.79 Å². The van der Waals surface area contributed by atoms with Crippen LogP contribution in [0.15, 0.2) is 72.3 Å². The van der Waals surface area contributed by atoms with E-state index in [9.17, 15) is 4.79 Å². The van der Waals surface area contributed by atoms with Crippen LogP contribution in [0.1, 0.15) is 30.4 Å². The molecule has 0 bridgehead atoms. The average molecular weight is 334 g/mol. The topological polar surface area (TPSA) is 32.3 Å². The number of rotatable bonds is 6. The molecule has 0 atom stereocenters. The maximum atomic E-state index is 13.0. The highest BCUT2D eigenvalue weighted by Crippen LogP contribution is 2.24.